The average molecular weight is 265 g/mol. The minimum absolute atomic E-state index is 0.158. The third kappa shape index (κ3) is 5.83. The first-order valence-corrected chi connectivity index (χ1v) is 7.08. The molecule has 4 nitrogen and oxygen atoms in total. The Balaban J connectivity index is 2.55. The van der Waals surface area contributed by atoms with Crippen molar-refractivity contribution in [3.8, 4) is 5.75 Å². The molecule has 0 aromatic heterocycles. The molecular weight excluding hydrogens is 238 g/mol. The van der Waals surface area contributed by atoms with E-state index in [4.69, 9.17) is 10.5 Å². The van der Waals surface area contributed by atoms with E-state index in [9.17, 15) is 0 Å². The van der Waals surface area contributed by atoms with E-state index in [-0.39, 0.29) is 6.10 Å². The molecule has 108 valence electrons. The molecular formula is C15H27N3O. The first-order valence-electron chi connectivity index (χ1n) is 7.08. The Labute approximate surface area is 116 Å². The minimum Gasteiger partial charge on any atom is -0.491 e. The Morgan fingerprint density at radius 1 is 1.21 bits per heavy atom. The van der Waals surface area contributed by atoms with Gasteiger partial charge < -0.3 is 20.7 Å². The number of rotatable bonds is 8. The first kappa shape index (κ1) is 15.6. The predicted molar refractivity (Wildman–Crippen MR) is 82.9 cm³/mol. The summed E-state index contributed by atoms with van der Waals surface area (Å²) in [7, 11) is 0. The van der Waals surface area contributed by atoms with Gasteiger partial charge in [-0.1, -0.05) is 13.8 Å². The average Bonchev–Trinajstić information content (AvgIpc) is 2.33. The van der Waals surface area contributed by atoms with Gasteiger partial charge in [0.25, 0.3) is 0 Å². The second kappa shape index (κ2) is 7.89. The number of hydrogen-bond acceptors (Lipinski definition) is 4. The normalized spacial score (nSPS) is 11.1. The number of benzene rings is 1. The molecule has 0 unspecified atom stereocenters. The lowest BCUT2D eigenvalue weighted by Crippen LogP contribution is -2.28. The molecule has 0 amide bonds. The highest BCUT2D eigenvalue weighted by molar-refractivity contribution is 5.59. The van der Waals surface area contributed by atoms with Crippen molar-refractivity contribution in [3.05, 3.63) is 18.2 Å². The predicted octanol–water partition coefficient (Wildman–Crippen LogP) is 2.81. The molecule has 3 N–H and O–H groups in total. The van der Waals surface area contributed by atoms with Crippen molar-refractivity contribution in [2.45, 2.75) is 33.8 Å². The number of ether oxygens (including phenoxy) is 1. The highest BCUT2D eigenvalue weighted by Gasteiger charge is 2.03. The molecule has 0 radical (unpaired) electrons. The van der Waals surface area contributed by atoms with Gasteiger partial charge >= 0.3 is 0 Å². The Kier molecular flexibility index (Phi) is 6.50. The number of hydrogen-bond donors (Lipinski definition) is 2. The lowest BCUT2D eigenvalue weighted by molar-refractivity contribution is 0.242. The zero-order valence-electron chi connectivity index (χ0n) is 12.6. The van der Waals surface area contributed by atoms with E-state index in [0.717, 1.165) is 43.3 Å². The number of nitrogens with two attached hydrogens (primary N) is 1. The maximum atomic E-state index is 5.89. The van der Waals surface area contributed by atoms with Crippen molar-refractivity contribution in [2.75, 3.05) is 37.2 Å². The summed E-state index contributed by atoms with van der Waals surface area (Å²) in [6.07, 6.45) is 0.158. The van der Waals surface area contributed by atoms with Crippen molar-refractivity contribution in [3.63, 3.8) is 0 Å². The van der Waals surface area contributed by atoms with Crippen LogP contribution in [0.3, 0.4) is 0 Å². The zero-order valence-corrected chi connectivity index (χ0v) is 12.6. The summed E-state index contributed by atoms with van der Waals surface area (Å²) >= 11 is 0. The number of anilines is 2. The molecule has 0 atom stereocenters. The van der Waals surface area contributed by atoms with Crippen LogP contribution in [-0.4, -0.2) is 37.2 Å². The molecule has 1 rings (SSSR count). The van der Waals surface area contributed by atoms with Crippen LogP contribution >= 0.6 is 0 Å². The molecule has 4 heteroatoms. The third-order valence-electron chi connectivity index (χ3n) is 2.95. The number of nitrogen functional groups attached to an aromatic ring is 1. The Hall–Kier alpha value is -1.42. The molecule has 0 fully saturated rings. The van der Waals surface area contributed by atoms with Crippen molar-refractivity contribution < 1.29 is 4.74 Å². The SMILES string of the molecule is CCN(CC)CCNc1cc(N)cc(OC(C)C)c1. The molecule has 0 aliphatic rings. The van der Waals surface area contributed by atoms with Gasteiger partial charge in [0.15, 0.2) is 0 Å². The molecule has 0 aliphatic carbocycles. The standard InChI is InChI=1S/C15H27N3O/c1-5-18(6-2)8-7-17-14-9-13(16)10-15(11-14)19-12(3)4/h9-12,17H,5-8,16H2,1-4H3. The number of nitrogens with zero attached hydrogens (tertiary/aromatic N) is 1. The van der Waals surface area contributed by atoms with Crippen LogP contribution < -0.4 is 15.8 Å². The van der Waals surface area contributed by atoms with Crippen LogP contribution in [0.4, 0.5) is 11.4 Å². The lowest BCUT2D eigenvalue weighted by Gasteiger charge is -2.19. The summed E-state index contributed by atoms with van der Waals surface area (Å²) in [6, 6.07) is 5.80. The van der Waals surface area contributed by atoms with Crippen LogP contribution in [0.5, 0.6) is 5.75 Å². The summed E-state index contributed by atoms with van der Waals surface area (Å²) in [5.41, 5.74) is 7.63. The van der Waals surface area contributed by atoms with Gasteiger partial charge in [0, 0.05) is 36.6 Å². The molecule has 1 aromatic carbocycles. The largest absolute Gasteiger partial charge is 0.491 e. The lowest BCUT2D eigenvalue weighted by atomic mass is 10.2. The zero-order chi connectivity index (χ0) is 14.3. The third-order valence-corrected chi connectivity index (χ3v) is 2.95. The molecule has 0 spiro atoms. The second-order valence-electron chi connectivity index (χ2n) is 4.91. The van der Waals surface area contributed by atoms with Gasteiger partial charge in [0.1, 0.15) is 5.75 Å². The van der Waals surface area contributed by atoms with E-state index in [1.807, 2.05) is 32.0 Å². The monoisotopic (exact) mass is 265 g/mol. The fourth-order valence-electron chi connectivity index (χ4n) is 1.96. The first-order chi connectivity index (χ1) is 9.05. The Morgan fingerprint density at radius 2 is 1.89 bits per heavy atom. The number of likely N-dealkylation sites (N-methyl/N-ethyl adjacent to an activating group) is 1. The molecule has 1 aromatic rings. The highest BCUT2D eigenvalue weighted by atomic mass is 16.5. The smallest absolute Gasteiger partial charge is 0.123 e. The van der Waals surface area contributed by atoms with Crippen LogP contribution in [-0.2, 0) is 0 Å². The van der Waals surface area contributed by atoms with Crippen molar-refractivity contribution in [2.24, 2.45) is 0 Å². The van der Waals surface area contributed by atoms with Crippen LogP contribution in [0.25, 0.3) is 0 Å². The van der Waals surface area contributed by atoms with E-state index in [0.29, 0.717) is 0 Å². The van der Waals surface area contributed by atoms with E-state index in [2.05, 4.69) is 24.1 Å². The van der Waals surface area contributed by atoms with Crippen LogP contribution in [0.2, 0.25) is 0 Å². The van der Waals surface area contributed by atoms with Gasteiger partial charge in [-0.05, 0) is 33.0 Å². The van der Waals surface area contributed by atoms with Crippen LogP contribution in [0.15, 0.2) is 18.2 Å². The maximum absolute atomic E-state index is 5.89. The van der Waals surface area contributed by atoms with Gasteiger partial charge in [0.05, 0.1) is 6.10 Å². The van der Waals surface area contributed by atoms with Crippen molar-refractivity contribution >= 4 is 11.4 Å². The van der Waals surface area contributed by atoms with Gasteiger partial charge in [-0.25, -0.2) is 0 Å². The van der Waals surface area contributed by atoms with Crippen LogP contribution in [0, 0.1) is 0 Å². The fraction of sp³-hybridized carbons (Fsp3) is 0.600. The van der Waals surface area contributed by atoms with E-state index in [1.165, 1.54) is 0 Å². The minimum atomic E-state index is 0.158. The van der Waals surface area contributed by atoms with Crippen molar-refractivity contribution in [1.29, 1.82) is 0 Å². The van der Waals surface area contributed by atoms with Gasteiger partial charge in [0.2, 0.25) is 0 Å². The van der Waals surface area contributed by atoms with Crippen molar-refractivity contribution in [1.82, 2.24) is 4.90 Å². The van der Waals surface area contributed by atoms with E-state index < -0.39 is 0 Å². The quantitative estimate of drug-likeness (QED) is 0.710. The highest BCUT2D eigenvalue weighted by Crippen LogP contribution is 2.23. The van der Waals surface area contributed by atoms with Crippen LogP contribution in [0.1, 0.15) is 27.7 Å². The molecule has 0 bridgehead atoms. The van der Waals surface area contributed by atoms with Gasteiger partial charge in [-0.3, -0.25) is 0 Å². The van der Waals surface area contributed by atoms with Gasteiger partial charge in [-0.15, -0.1) is 0 Å². The molecule has 19 heavy (non-hydrogen) atoms. The van der Waals surface area contributed by atoms with E-state index in [1.54, 1.807) is 0 Å². The Morgan fingerprint density at radius 3 is 2.47 bits per heavy atom. The molecule has 0 heterocycles. The summed E-state index contributed by atoms with van der Waals surface area (Å²) < 4.78 is 5.68. The second-order valence-corrected chi connectivity index (χ2v) is 4.91. The summed E-state index contributed by atoms with van der Waals surface area (Å²) in [5.74, 6) is 0.820. The molecule has 0 saturated heterocycles. The fourth-order valence-corrected chi connectivity index (χ4v) is 1.96. The topological polar surface area (TPSA) is 50.5 Å². The van der Waals surface area contributed by atoms with E-state index >= 15 is 0 Å². The number of nitrogens with one attached hydrogen (secondary N) is 1. The summed E-state index contributed by atoms with van der Waals surface area (Å²) in [5, 5.41) is 3.40. The molecule has 0 aliphatic heterocycles. The molecule has 0 saturated carbocycles. The Bertz CT molecular complexity index is 376. The van der Waals surface area contributed by atoms with Gasteiger partial charge in [-0.2, -0.15) is 0 Å². The summed E-state index contributed by atoms with van der Waals surface area (Å²) in [4.78, 5) is 2.38. The maximum Gasteiger partial charge on any atom is 0.123 e. The summed E-state index contributed by atoms with van der Waals surface area (Å²) in [6.45, 7) is 12.5.